The highest BCUT2D eigenvalue weighted by atomic mass is 16.5. The van der Waals surface area contributed by atoms with Gasteiger partial charge in [0, 0.05) is 12.1 Å². The van der Waals surface area contributed by atoms with Crippen LogP contribution in [0.2, 0.25) is 0 Å². The molecule has 0 aliphatic heterocycles. The molecule has 0 bridgehead atoms. The number of phenols is 1. The molecule has 2 rings (SSSR count). The number of hydrogen-bond acceptors (Lipinski definition) is 4. The fourth-order valence-electron chi connectivity index (χ4n) is 1.50. The van der Waals surface area contributed by atoms with Crippen molar-refractivity contribution in [2.75, 3.05) is 0 Å². The molecule has 0 fully saturated rings. The Morgan fingerprint density at radius 2 is 2.19 bits per heavy atom. The van der Waals surface area contributed by atoms with E-state index in [0.717, 1.165) is 0 Å². The van der Waals surface area contributed by atoms with E-state index in [2.05, 4.69) is 9.97 Å². The van der Waals surface area contributed by atoms with Crippen LogP contribution in [0.15, 0.2) is 23.3 Å². The van der Waals surface area contributed by atoms with Crippen LogP contribution < -0.4 is 10.3 Å². The van der Waals surface area contributed by atoms with Gasteiger partial charge in [-0.2, -0.15) is 0 Å². The van der Waals surface area contributed by atoms with Crippen molar-refractivity contribution in [3.05, 3.63) is 28.8 Å². The lowest BCUT2D eigenvalue weighted by Gasteiger charge is -2.11. The van der Waals surface area contributed by atoms with Crippen LogP contribution in [0.5, 0.6) is 11.5 Å². The second-order valence-corrected chi connectivity index (χ2v) is 3.74. The van der Waals surface area contributed by atoms with Crippen LogP contribution in [0.4, 0.5) is 0 Å². The van der Waals surface area contributed by atoms with E-state index in [1.807, 2.05) is 13.8 Å². The SMILES string of the molecule is CC(C)Oc1cc(O)cc2nc[nH]c(=O)c12. The zero-order valence-electron chi connectivity index (χ0n) is 9.02. The van der Waals surface area contributed by atoms with Crippen molar-refractivity contribution in [1.29, 1.82) is 0 Å². The standard InChI is InChI=1S/C11H12N2O3/c1-6(2)16-9-4-7(14)3-8-10(9)11(15)13-5-12-8/h3-6,14H,1-2H3,(H,12,13,15). The summed E-state index contributed by atoms with van der Waals surface area (Å²) in [6, 6.07) is 2.84. The van der Waals surface area contributed by atoms with Crippen LogP contribution >= 0.6 is 0 Å². The molecule has 0 saturated carbocycles. The summed E-state index contributed by atoms with van der Waals surface area (Å²) in [6.07, 6.45) is 1.22. The molecule has 2 aromatic rings. The summed E-state index contributed by atoms with van der Waals surface area (Å²) >= 11 is 0. The smallest absolute Gasteiger partial charge is 0.262 e. The number of nitrogens with one attached hydrogen (secondary N) is 1. The maximum atomic E-state index is 11.6. The van der Waals surface area contributed by atoms with Gasteiger partial charge in [-0.05, 0) is 13.8 Å². The van der Waals surface area contributed by atoms with Gasteiger partial charge in [0.2, 0.25) is 0 Å². The summed E-state index contributed by atoms with van der Waals surface area (Å²) in [5.74, 6) is 0.376. The number of aromatic hydroxyl groups is 1. The second kappa shape index (κ2) is 3.84. The number of nitrogens with zero attached hydrogens (tertiary/aromatic N) is 1. The van der Waals surface area contributed by atoms with E-state index in [-0.39, 0.29) is 17.4 Å². The van der Waals surface area contributed by atoms with E-state index in [1.165, 1.54) is 18.5 Å². The Balaban J connectivity index is 2.75. The van der Waals surface area contributed by atoms with Crippen molar-refractivity contribution >= 4 is 10.9 Å². The third kappa shape index (κ3) is 1.84. The number of hydrogen-bond donors (Lipinski definition) is 2. The second-order valence-electron chi connectivity index (χ2n) is 3.74. The summed E-state index contributed by atoms with van der Waals surface area (Å²) in [6.45, 7) is 3.70. The number of aromatic amines is 1. The Hall–Kier alpha value is -2.04. The van der Waals surface area contributed by atoms with Gasteiger partial charge in [0.05, 0.1) is 17.9 Å². The molecule has 0 aliphatic carbocycles. The molecule has 0 aliphatic rings. The zero-order chi connectivity index (χ0) is 11.7. The molecule has 5 heteroatoms. The minimum Gasteiger partial charge on any atom is -0.508 e. The lowest BCUT2D eigenvalue weighted by Crippen LogP contribution is -2.12. The highest BCUT2D eigenvalue weighted by molar-refractivity contribution is 5.85. The third-order valence-corrected chi connectivity index (χ3v) is 2.06. The minimum absolute atomic E-state index is 0.0289. The first-order chi connectivity index (χ1) is 7.58. The number of aromatic nitrogens is 2. The first kappa shape index (κ1) is 10.5. The largest absolute Gasteiger partial charge is 0.508 e. The van der Waals surface area contributed by atoms with Crippen LogP contribution in [0.25, 0.3) is 10.9 Å². The van der Waals surface area contributed by atoms with Gasteiger partial charge in [0.15, 0.2) is 0 Å². The number of benzene rings is 1. The van der Waals surface area contributed by atoms with Crippen LogP contribution in [0.1, 0.15) is 13.8 Å². The molecule has 1 heterocycles. The summed E-state index contributed by atoms with van der Waals surface area (Å²) in [5, 5.41) is 9.84. The molecular formula is C11H12N2O3. The average Bonchev–Trinajstić information content (AvgIpc) is 2.15. The lowest BCUT2D eigenvalue weighted by atomic mass is 10.2. The lowest BCUT2D eigenvalue weighted by molar-refractivity contribution is 0.244. The Kier molecular flexibility index (Phi) is 2.52. The molecule has 0 saturated heterocycles. The molecule has 2 N–H and O–H groups in total. The molecule has 0 atom stereocenters. The molecule has 16 heavy (non-hydrogen) atoms. The molecular weight excluding hydrogens is 208 g/mol. The molecule has 0 spiro atoms. The van der Waals surface area contributed by atoms with Crippen molar-refractivity contribution in [2.24, 2.45) is 0 Å². The first-order valence-corrected chi connectivity index (χ1v) is 4.95. The third-order valence-electron chi connectivity index (χ3n) is 2.06. The van der Waals surface area contributed by atoms with Crippen molar-refractivity contribution in [2.45, 2.75) is 20.0 Å². The Morgan fingerprint density at radius 1 is 1.44 bits per heavy atom. The maximum absolute atomic E-state index is 11.6. The van der Waals surface area contributed by atoms with Gasteiger partial charge in [-0.3, -0.25) is 4.79 Å². The molecule has 1 aromatic heterocycles. The summed E-state index contributed by atoms with van der Waals surface area (Å²) in [5.41, 5.74) is 0.139. The van der Waals surface area contributed by atoms with Gasteiger partial charge in [-0.15, -0.1) is 0 Å². The maximum Gasteiger partial charge on any atom is 0.262 e. The van der Waals surface area contributed by atoms with Crippen LogP contribution in [-0.4, -0.2) is 21.2 Å². The molecule has 0 unspecified atom stereocenters. The van der Waals surface area contributed by atoms with Gasteiger partial charge >= 0.3 is 0 Å². The van der Waals surface area contributed by atoms with E-state index in [9.17, 15) is 9.90 Å². The van der Waals surface area contributed by atoms with E-state index in [1.54, 1.807) is 0 Å². The zero-order valence-corrected chi connectivity index (χ0v) is 9.02. The fraction of sp³-hybridized carbons (Fsp3) is 0.273. The van der Waals surface area contributed by atoms with Crippen molar-refractivity contribution in [3.8, 4) is 11.5 Å². The van der Waals surface area contributed by atoms with Crippen molar-refractivity contribution in [1.82, 2.24) is 9.97 Å². The number of phenolic OH excluding ortho intramolecular Hbond substituents is 1. The molecule has 1 aromatic carbocycles. The molecule has 0 amide bonds. The topological polar surface area (TPSA) is 75.2 Å². The number of fused-ring (bicyclic) bond motifs is 1. The van der Waals surface area contributed by atoms with E-state index < -0.39 is 0 Å². The number of ether oxygens (including phenoxy) is 1. The normalized spacial score (nSPS) is 10.9. The van der Waals surface area contributed by atoms with Crippen LogP contribution in [-0.2, 0) is 0 Å². The number of H-pyrrole nitrogens is 1. The minimum atomic E-state index is -0.277. The Bertz CT molecular complexity index is 575. The highest BCUT2D eigenvalue weighted by Crippen LogP contribution is 2.27. The van der Waals surface area contributed by atoms with Gasteiger partial charge in [-0.1, -0.05) is 0 Å². The monoisotopic (exact) mass is 220 g/mol. The predicted molar refractivity (Wildman–Crippen MR) is 59.8 cm³/mol. The highest BCUT2D eigenvalue weighted by Gasteiger charge is 2.10. The van der Waals surface area contributed by atoms with Crippen LogP contribution in [0.3, 0.4) is 0 Å². The van der Waals surface area contributed by atoms with Gasteiger partial charge in [-0.25, -0.2) is 4.98 Å². The molecule has 5 nitrogen and oxygen atoms in total. The average molecular weight is 220 g/mol. The van der Waals surface area contributed by atoms with Crippen molar-refractivity contribution in [3.63, 3.8) is 0 Å². The summed E-state index contributed by atoms with van der Waals surface area (Å²) in [7, 11) is 0. The fourth-order valence-corrected chi connectivity index (χ4v) is 1.50. The molecule has 84 valence electrons. The Labute approximate surface area is 91.7 Å². The van der Waals surface area contributed by atoms with Gasteiger partial charge < -0.3 is 14.8 Å². The van der Waals surface area contributed by atoms with Gasteiger partial charge in [0.25, 0.3) is 5.56 Å². The quantitative estimate of drug-likeness (QED) is 0.802. The van der Waals surface area contributed by atoms with Crippen molar-refractivity contribution < 1.29 is 9.84 Å². The predicted octanol–water partition coefficient (Wildman–Crippen LogP) is 1.42. The van der Waals surface area contributed by atoms with E-state index in [4.69, 9.17) is 4.74 Å². The van der Waals surface area contributed by atoms with Gasteiger partial charge in [0.1, 0.15) is 16.9 Å². The van der Waals surface area contributed by atoms with E-state index >= 15 is 0 Å². The first-order valence-electron chi connectivity index (χ1n) is 4.95. The molecule has 0 radical (unpaired) electrons. The number of rotatable bonds is 2. The summed E-state index contributed by atoms with van der Waals surface area (Å²) < 4.78 is 5.47. The summed E-state index contributed by atoms with van der Waals surface area (Å²) in [4.78, 5) is 18.1. The Morgan fingerprint density at radius 3 is 2.88 bits per heavy atom. The van der Waals surface area contributed by atoms with Crippen LogP contribution in [0, 0.1) is 0 Å². The van der Waals surface area contributed by atoms with E-state index in [0.29, 0.717) is 16.7 Å².